The molecule has 0 saturated carbocycles. The van der Waals surface area contributed by atoms with E-state index in [-0.39, 0.29) is 6.10 Å². The molecule has 2 rings (SSSR count). The molecule has 0 aliphatic carbocycles. The quantitative estimate of drug-likeness (QED) is 0.786. The number of rotatable bonds is 7. The third-order valence-corrected chi connectivity index (χ3v) is 4.37. The minimum absolute atomic E-state index is 0.284. The van der Waals surface area contributed by atoms with E-state index in [1.54, 1.807) is 0 Å². The molecule has 3 heteroatoms. The molecular formula is C17H26BrNO. The minimum Gasteiger partial charge on any atom is -0.488 e. The Balaban J connectivity index is 1.69. The maximum atomic E-state index is 5.97. The standard InChI is InChI=1S/C17H26BrNO/c1-12(2)5-4-6-13(3)19-11-16-10-14-9-15(18)7-8-17(14)20-16/h7-9,12-13,16,19H,4-6,10-11H2,1-3H3. The van der Waals surface area contributed by atoms with Crippen LogP contribution in [0.25, 0.3) is 0 Å². The van der Waals surface area contributed by atoms with Crippen LogP contribution in [0.2, 0.25) is 0 Å². The second-order valence-corrected chi connectivity index (χ2v) is 7.25. The lowest BCUT2D eigenvalue weighted by molar-refractivity contribution is 0.221. The summed E-state index contributed by atoms with van der Waals surface area (Å²) in [4.78, 5) is 0. The molecule has 0 fully saturated rings. The van der Waals surface area contributed by atoms with Gasteiger partial charge in [0.25, 0.3) is 0 Å². The lowest BCUT2D eigenvalue weighted by atomic mass is 10.0. The van der Waals surface area contributed by atoms with Gasteiger partial charge in [0.2, 0.25) is 0 Å². The molecule has 20 heavy (non-hydrogen) atoms. The van der Waals surface area contributed by atoms with E-state index in [0.29, 0.717) is 6.04 Å². The fraction of sp³-hybridized carbons (Fsp3) is 0.647. The van der Waals surface area contributed by atoms with Gasteiger partial charge in [-0.1, -0.05) is 42.6 Å². The van der Waals surface area contributed by atoms with Crippen LogP contribution in [0.1, 0.15) is 45.6 Å². The van der Waals surface area contributed by atoms with Crippen LogP contribution in [-0.4, -0.2) is 18.7 Å². The zero-order chi connectivity index (χ0) is 14.5. The van der Waals surface area contributed by atoms with Gasteiger partial charge in [-0.3, -0.25) is 0 Å². The summed E-state index contributed by atoms with van der Waals surface area (Å²) in [6, 6.07) is 6.85. The number of ether oxygens (including phenoxy) is 1. The third kappa shape index (κ3) is 4.78. The van der Waals surface area contributed by atoms with Gasteiger partial charge < -0.3 is 10.1 Å². The Bertz CT molecular complexity index is 433. The minimum atomic E-state index is 0.284. The van der Waals surface area contributed by atoms with Gasteiger partial charge in [0.05, 0.1) is 0 Å². The van der Waals surface area contributed by atoms with Gasteiger partial charge in [0, 0.05) is 23.5 Å². The summed E-state index contributed by atoms with van der Waals surface area (Å²) in [6.07, 6.45) is 5.19. The zero-order valence-corrected chi connectivity index (χ0v) is 14.4. The molecule has 112 valence electrons. The van der Waals surface area contributed by atoms with Crippen LogP contribution in [0.15, 0.2) is 22.7 Å². The molecule has 2 atom stereocenters. The molecule has 1 heterocycles. The second-order valence-electron chi connectivity index (χ2n) is 6.33. The maximum Gasteiger partial charge on any atom is 0.123 e. The predicted molar refractivity (Wildman–Crippen MR) is 88.4 cm³/mol. The first-order chi connectivity index (χ1) is 9.54. The van der Waals surface area contributed by atoms with Crippen molar-refractivity contribution in [3.8, 4) is 5.75 Å². The average Bonchev–Trinajstić information content (AvgIpc) is 2.77. The molecule has 2 unspecified atom stereocenters. The molecule has 0 spiro atoms. The highest BCUT2D eigenvalue weighted by Gasteiger charge is 2.22. The van der Waals surface area contributed by atoms with Gasteiger partial charge in [0.1, 0.15) is 11.9 Å². The van der Waals surface area contributed by atoms with Gasteiger partial charge in [-0.05, 0) is 43.0 Å². The molecule has 0 bridgehead atoms. The van der Waals surface area contributed by atoms with Crippen molar-refractivity contribution in [3.05, 3.63) is 28.2 Å². The normalized spacial score (nSPS) is 18.9. The highest BCUT2D eigenvalue weighted by Crippen LogP contribution is 2.30. The summed E-state index contributed by atoms with van der Waals surface area (Å²) in [6.45, 7) is 7.80. The molecule has 0 amide bonds. The largest absolute Gasteiger partial charge is 0.488 e. The second kappa shape index (κ2) is 7.46. The number of halogens is 1. The van der Waals surface area contributed by atoms with Crippen molar-refractivity contribution in [2.45, 2.75) is 58.6 Å². The molecule has 0 saturated heterocycles. The molecule has 1 N–H and O–H groups in total. The number of nitrogens with one attached hydrogen (secondary N) is 1. The third-order valence-electron chi connectivity index (χ3n) is 3.88. The van der Waals surface area contributed by atoms with Crippen molar-refractivity contribution in [2.24, 2.45) is 5.92 Å². The van der Waals surface area contributed by atoms with E-state index in [0.717, 1.165) is 29.1 Å². The van der Waals surface area contributed by atoms with Crippen LogP contribution in [0, 0.1) is 5.92 Å². The highest BCUT2D eigenvalue weighted by atomic mass is 79.9. The Morgan fingerprint density at radius 3 is 2.85 bits per heavy atom. The van der Waals surface area contributed by atoms with Crippen molar-refractivity contribution in [1.82, 2.24) is 5.32 Å². The van der Waals surface area contributed by atoms with E-state index < -0.39 is 0 Å². The van der Waals surface area contributed by atoms with Crippen molar-refractivity contribution in [2.75, 3.05) is 6.54 Å². The fourth-order valence-corrected chi connectivity index (χ4v) is 3.08. The number of hydrogen-bond donors (Lipinski definition) is 1. The van der Waals surface area contributed by atoms with Gasteiger partial charge >= 0.3 is 0 Å². The molecule has 0 aromatic heterocycles. The SMILES string of the molecule is CC(C)CCCC(C)NCC1Cc2cc(Br)ccc2O1. The topological polar surface area (TPSA) is 21.3 Å². The Hall–Kier alpha value is -0.540. The summed E-state index contributed by atoms with van der Waals surface area (Å²) in [5.74, 6) is 1.86. The first-order valence-corrected chi connectivity index (χ1v) is 8.52. The van der Waals surface area contributed by atoms with E-state index >= 15 is 0 Å². The Morgan fingerprint density at radius 1 is 1.30 bits per heavy atom. The lowest BCUT2D eigenvalue weighted by Gasteiger charge is -2.17. The first kappa shape index (κ1) is 15.8. The fourth-order valence-electron chi connectivity index (χ4n) is 2.67. The van der Waals surface area contributed by atoms with Crippen LogP contribution in [0.5, 0.6) is 5.75 Å². The van der Waals surface area contributed by atoms with E-state index in [9.17, 15) is 0 Å². The smallest absolute Gasteiger partial charge is 0.123 e. The van der Waals surface area contributed by atoms with Crippen molar-refractivity contribution in [3.63, 3.8) is 0 Å². The maximum absolute atomic E-state index is 5.97. The molecule has 1 aliphatic rings. The van der Waals surface area contributed by atoms with E-state index in [1.165, 1.54) is 24.8 Å². The summed E-state index contributed by atoms with van der Waals surface area (Å²) in [7, 11) is 0. The van der Waals surface area contributed by atoms with Gasteiger partial charge in [-0.25, -0.2) is 0 Å². The van der Waals surface area contributed by atoms with Crippen molar-refractivity contribution in [1.29, 1.82) is 0 Å². The first-order valence-electron chi connectivity index (χ1n) is 7.73. The lowest BCUT2D eigenvalue weighted by Crippen LogP contribution is -2.35. The van der Waals surface area contributed by atoms with Crippen LogP contribution < -0.4 is 10.1 Å². The van der Waals surface area contributed by atoms with Crippen LogP contribution >= 0.6 is 15.9 Å². The van der Waals surface area contributed by atoms with Crippen LogP contribution in [-0.2, 0) is 6.42 Å². The van der Waals surface area contributed by atoms with E-state index in [2.05, 4.69) is 54.2 Å². The molecular weight excluding hydrogens is 314 g/mol. The summed E-state index contributed by atoms with van der Waals surface area (Å²) in [5.41, 5.74) is 1.32. The molecule has 1 aromatic rings. The summed E-state index contributed by atoms with van der Waals surface area (Å²) in [5, 5.41) is 3.61. The molecule has 1 aromatic carbocycles. The van der Waals surface area contributed by atoms with Crippen molar-refractivity contribution >= 4 is 15.9 Å². The van der Waals surface area contributed by atoms with Gasteiger partial charge in [-0.2, -0.15) is 0 Å². The predicted octanol–water partition coefficient (Wildman–Crippen LogP) is 4.56. The number of benzene rings is 1. The Morgan fingerprint density at radius 2 is 2.10 bits per heavy atom. The van der Waals surface area contributed by atoms with E-state index in [1.807, 2.05) is 6.07 Å². The monoisotopic (exact) mass is 339 g/mol. The Labute approximate surface area is 131 Å². The van der Waals surface area contributed by atoms with Crippen molar-refractivity contribution < 1.29 is 4.74 Å². The molecule has 2 nitrogen and oxygen atoms in total. The Kier molecular flexibility index (Phi) is 5.91. The highest BCUT2D eigenvalue weighted by molar-refractivity contribution is 9.10. The number of hydrogen-bond acceptors (Lipinski definition) is 2. The van der Waals surface area contributed by atoms with Gasteiger partial charge in [0.15, 0.2) is 0 Å². The molecule has 0 radical (unpaired) electrons. The summed E-state index contributed by atoms with van der Waals surface area (Å²) < 4.78 is 7.11. The zero-order valence-electron chi connectivity index (χ0n) is 12.8. The summed E-state index contributed by atoms with van der Waals surface area (Å²) >= 11 is 3.52. The van der Waals surface area contributed by atoms with Crippen LogP contribution in [0.3, 0.4) is 0 Å². The van der Waals surface area contributed by atoms with Crippen LogP contribution in [0.4, 0.5) is 0 Å². The molecule has 1 aliphatic heterocycles. The van der Waals surface area contributed by atoms with E-state index in [4.69, 9.17) is 4.74 Å². The number of fused-ring (bicyclic) bond motifs is 1. The van der Waals surface area contributed by atoms with Gasteiger partial charge in [-0.15, -0.1) is 0 Å². The average molecular weight is 340 g/mol.